The number of fused-ring (bicyclic) bond motifs is 3. The first-order valence-corrected chi connectivity index (χ1v) is 11.9. The number of thioether (sulfide) groups is 1. The van der Waals surface area contributed by atoms with Crippen LogP contribution in [0.3, 0.4) is 0 Å². The molecule has 5 nitrogen and oxygen atoms in total. The molecule has 2 atom stereocenters. The van der Waals surface area contributed by atoms with Crippen LogP contribution in [0.25, 0.3) is 0 Å². The summed E-state index contributed by atoms with van der Waals surface area (Å²) in [5.74, 6) is -0.206. The van der Waals surface area contributed by atoms with Crippen LogP contribution in [-0.2, 0) is 9.53 Å². The fraction of sp³-hybridized carbons (Fsp3) is 0.250. The van der Waals surface area contributed by atoms with Gasteiger partial charge in [-0.2, -0.15) is 0 Å². The fourth-order valence-electron chi connectivity index (χ4n) is 4.20. The Morgan fingerprint density at radius 2 is 1.61 bits per heavy atom. The van der Waals surface area contributed by atoms with Crippen molar-refractivity contribution in [2.24, 2.45) is 0 Å². The Bertz CT molecular complexity index is 1160. The van der Waals surface area contributed by atoms with Gasteiger partial charge in [-0.25, -0.2) is 4.90 Å². The number of carbonyl (C=O) groups is 2. The lowest BCUT2D eigenvalue weighted by Crippen LogP contribution is -2.64. The molecule has 3 aromatic rings. The molecule has 1 aromatic heterocycles. The number of carbonyl (C=O) groups excluding carboxylic acids is 2. The quantitative estimate of drug-likeness (QED) is 0.527. The van der Waals surface area contributed by atoms with E-state index in [1.165, 1.54) is 23.1 Å². The Kier molecular flexibility index (Phi) is 4.92. The summed E-state index contributed by atoms with van der Waals surface area (Å²) < 4.78 is 6.34. The van der Waals surface area contributed by atoms with E-state index < -0.39 is 10.4 Å². The van der Waals surface area contributed by atoms with Crippen molar-refractivity contribution in [1.29, 1.82) is 0 Å². The van der Waals surface area contributed by atoms with E-state index in [0.717, 1.165) is 16.0 Å². The van der Waals surface area contributed by atoms with Crippen molar-refractivity contribution in [3.63, 3.8) is 0 Å². The highest BCUT2D eigenvalue weighted by Crippen LogP contribution is 2.59. The molecule has 0 radical (unpaired) electrons. The van der Waals surface area contributed by atoms with Crippen molar-refractivity contribution in [3.8, 4) is 0 Å². The summed E-state index contributed by atoms with van der Waals surface area (Å²) in [6.45, 7) is 6.18. The maximum absolute atomic E-state index is 13.9. The first-order valence-electron chi connectivity index (χ1n) is 10.2. The largest absolute Gasteiger partial charge is 0.329 e. The number of thiophene rings is 1. The van der Waals surface area contributed by atoms with Crippen LogP contribution in [0.1, 0.15) is 38.5 Å². The number of para-hydroxylation sites is 1. The molecule has 2 aliphatic rings. The fourth-order valence-corrected chi connectivity index (χ4v) is 7.02. The van der Waals surface area contributed by atoms with Gasteiger partial charge in [-0.05, 0) is 44.0 Å². The second-order valence-electron chi connectivity index (χ2n) is 7.50. The highest BCUT2D eigenvalue weighted by molar-refractivity contribution is 8.02. The van der Waals surface area contributed by atoms with E-state index in [4.69, 9.17) is 4.74 Å². The first kappa shape index (κ1) is 20.3. The number of nitrogens with zero attached hydrogens (tertiary/aromatic N) is 2. The van der Waals surface area contributed by atoms with E-state index >= 15 is 0 Å². The molecule has 0 saturated carbocycles. The Labute approximate surface area is 189 Å². The summed E-state index contributed by atoms with van der Waals surface area (Å²) in [7, 11) is 0. The van der Waals surface area contributed by atoms with E-state index in [0.29, 0.717) is 22.9 Å². The summed E-state index contributed by atoms with van der Waals surface area (Å²) in [4.78, 5) is 32.2. The zero-order chi connectivity index (χ0) is 21.8. The highest BCUT2D eigenvalue weighted by atomic mass is 32.2. The summed E-state index contributed by atoms with van der Waals surface area (Å²) in [6, 6.07) is 19.2. The zero-order valence-electron chi connectivity index (χ0n) is 17.5. The number of anilines is 2. The third kappa shape index (κ3) is 2.87. The van der Waals surface area contributed by atoms with Gasteiger partial charge in [-0.15, -0.1) is 11.3 Å². The van der Waals surface area contributed by atoms with E-state index in [9.17, 15) is 9.59 Å². The molecule has 0 bridgehead atoms. The summed E-state index contributed by atoms with van der Waals surface area (Å²) in [6.07, 6.45) is 0. The molecule has 2 amide bonds. The second-order valence-corrected chi connectivity index (χ2v) is 9.95. The molecule has 31 heavy (non-hydrogen) atoms. The number of hydrogen-bond acceptors (Lipinski definition) is 5. The van der Waals surface area contributed by atoms with Gasteiger partial charge in [0.25, 0.3) is 11.1 Å². The number of amides is 2. The van der Waals surface area contributed by atoms with Gasteiger partial charge < -0.3 is 4.74 Å². The average molecular weight is 451 g/mol. The molecule has 0 spiro atoms. The molecule has 2 unspecified atom stereocenters. The van der Waals surface area contributed by atoms with Crippen LogP contribution in [0, 0.1) is 13.8 Å². The topological polar surface area (TPSA) is 49.9 Å². The van der Waals surface area contributed by atoms with Crippen molar-refractivity contribution < 1.29 is 14.3 Å². The van der Waals surface area contributed by atoms with Crippen LogP contribution >= 0.6 is 23.1 Å². The van der Waals surface area contributed by atoms with Gasteiger partial charge in [0.15, 0.2) is 0 Å². The van der Waals surface area contributed by atoms with Gasteiger partial charge in [0.2, 0.25) is 5.91 Å². The predicted molar refractivity (Wildman–Crippen MR) is 126 cm³/mol. The predicted octanol–water partition coefficient (Wildman–Crippen LogP) is 5.49. The number of aryl methyl sites for hydroxylation is 1. The van der Waals surface area contributed by atoms with Crippen LogP contribution in [-0.4, -0.2) is 23.6 Å². The maximum Gasteiger partial charge on any atom is 0.288 e. The second kappa shape index (κ2) is 7.51. The van der Waals surface area contributed by atoms with Crippen molar-refractivity contribution in [2.45, 2.75) is 31.2 Å². The van der Waals surface area contributed by atoms with Crippen LogP contribution in [0.5, 0.6) is 0 Å². The number of benzene rings is 2. The Morgan fingerprint density at radius 1 is 0.968 bits per heavy atom. The van der Waals surface area contributed by atoms with Crippen molar-refractivity contribution >= 4 is 45.6 Å². The van der Waals surface area contributed by atoms with E-state index in [1.54, 1.807) is 9.80 Å². The lowest BCUT2D eigenvalue weighted by Gasteiger charge is -2.47. The standard InChI is InChI=1S/C24H22N2O3S2/c1-4-29-24-25(18-13-9-6-10-14-18)21(27)19-15(2)16(3)30-23(19)26(24)22(28)20(31-24)17-11-7-5-8-12-17/h5-14,20H,4H2,1-3H3. The molecule has 1 fully saturated rings. The van der Waals surface area contributed by atoms with Crippen molar-refractivity contribution in [2.75, 3.05) is 16.4 Å². The molecule has 3 heterocycles. The SMILES string of the molecule is CCOC12SC(c3ccccc3)C(=O)N1c1sc(C)c(C)c1C(=O)N2c1ccccc1. The normalized spacial score (nSPS) is 22.6. The molecule has 7 heteroatoms. The van der Waals surface area contributed by atoms with Gasteiger partial charge in [0, 0.05) is 17.2 Å². The minimum atomic E-state index is -1.28. The molecule has 0 N–H and O–H groups in total. The Morgan fingerprint density at radius 3 is 2.26 bits per heavy atom. The Balaban J connectivity index is 1.78. The first-order chi connectivity index (χ1) is 15.0. The van der Waals surface area contributed by atoms with E-state index in [-0.39, 0.29) is 11.8 Å². The summed E-state index contributed by atoms with van der Waals surface area (Å²) in [5.41, 5.74) is 3.10. The zero-order valence-corrected chi connectivity index (χ0v) is 19.1. The Hall–Kier alpha value is -2.61. The van der Waals surface area contributed by atoms with E-state index in [1.807, 2.05) is 81.4 Å². The third-order valence-electron chi connectivity index (χ3n) is 5.72. The minimum Gasteiger partial charge on any atom is -0.329 e. The molecule has 2 aromatic carbocycles. The molecular formula is C24H22N2O3S2. The summed E-state index contributed by atoms with van der Waals surface area (Å²) in [5, 5.41) is -1.07. The number of rotatable bonds is 4. The smallest absolute Gasteiger partial charge is 0.288 e. The van der Waals surface area contributed by atoms with Gasteiger partial charge >= 0.3 is 0 Å². The molecular weight excluding hydrogens is 428 g/mol. The minimum absolute atomic E-state index is 0.0689. The third-order valence-corrected chi connectivity index (χ3v) is 8.41. The molecule has 2 aliphatic heterocycles. The van der Waals surface area contributed by atoms with Crippen LogP contribution in [0.15, 0.2) is 60.7 Å². The van der Waals surface area contributed by atoms with Crippen LogP contribution in [0.2, 0.25) is 0 Å². The van der Waals surface area contributed by atoms with Crippen molar-refractivity contribution in [1.82, 2.24) is 0 Å². The molecule has 0 aliphatic carbocycles. The monoisotopic (exact) mass is 450 g/mol. The molecule has 1 saturated heterocycles. The summed E-state index contributed by atoms with van der Waals surface area (Å²) >= 11 is 2.86. The van der Waals surface area contributed by atoms with Gasteiger partial charge in [0.05, 0.1) is 5.56 Å². The maximum atomic E-state index is 13.9. The molecule has 5 rings (SSSR count). The van der Waals surface area contributed by atoms with Crippen molar-refractivity contribution in [3.05, 3.63) is 82.2 Å². The number of hydrogen-bond donors (Lipinski definition) is 0. The van der Waals surface area contributed by atoms with Crippen LogP contribution in [0.4, 0.5) is 10.7 Å². The lowest BCUT2D eigenvalue weighted by molar-refractivity contribution is -0.120. The van der Waals surface area contributed by atoms with E-state index in [2.05, 4.69) is 0 Å². The number of ether oxygens (including phenoxy) is 1. The van der Waals surface area contributed by atoms with Gasteiger partial charge in [-0.3, -0.25) is 14.5 Å². The average Bonchev–Trinajstić information content (AvgIpc) is 3.23. The van der Waals surface area contributed by atoms with Gasteiger partial charge in [-0.1, -0.05) is 60.3 Å². The van der Waals surface area contributed by atoms with Gasteiger partial charge in [0.1, 0.15) is 10.3 Å². The molecule has 158 valence electrons. The van der Waals surface area contributed by atoms with Crippen LogP contribution < -0.4 is 9.80 Å². The highest BCUT2D eigenvalue weighted by Gasteiger charge is 2.63. The lowest BCUT2D eigenvalue weighted by atomic mass is 10.1.